The van der Waals surface area contributed by atoms with E-state index in [4.69, 9.17) is 0 Å². The summed E-state index contributed by atoms with van der Waals surface area (Å²) in [5.74, 6) is 0. The number of aryl methyl sites for hydroxylation is 1. The maximum atomic E-state index is 11.9. The SMILES string of the molecule is CCc1cc(Br)ccc1-n1ccc(=O)c2ccccc21. The molecule has 0 fully saturated rings. The summed E-state index contributed by atoms with van der Waals surface area (Å²) in [5.41, 5.74) is 3.36. The molecule has 0 saturated carbocycles. The number of pyridine rings is 1. The topological polar surface area (TPSA) is 22.0 Å². The summed E-state index contributed by atoms with van der Waals surface area (Å²) in [5, 5.41) is 0.750. The molecule has 100 valence electrons. The highest BCUT2D eigenvalue weighted by atomic mass is 79.9. The van der Waals surface area contributed by atoms with Gasteiger partial charge in [-0.25, -0.2) is 0 Å². The minimum Gasteiger partial charge on any atom is -0.316 e. The van der Waals surface area contributed by atoms with Crippen molar-refractivity contribution >= 4 is 26.8 Å². The van der Waals surface area contributed by atoms with E-state index in [2.05, 4.69) is 39.6 Å². The van der Waals surface area contributed by atoms with Gasteiger partial charge < -0.3 is 4.57 Å². The number of benzene rings is 2. The molecule has 20 heavy (non-hydrogen) atoms. The molecule has 0 saturated heterocycles. The third kappa shape index (κ3) is 2.18. The van der Waals surface area contributed by atoms with Crippen molar-refractivity contribution in [2.75, 3.05) is 0 Å². The molecule has 2 nitrogen and oxygen atoms in total. The van der Waals surface area contributed by atoms with Crippen LogP contribution in [0.25, 0.3) is 16.6 Å². The summed E-state index contributed by atoms with van der Waals surface area (Å²) in [6.45, 7) is 2.13. The van der Waals surface area contributed by atoms with Crippen molar-refractivity contribution in [3.63, 3.8) is 0 Å². The van der Waals surface area contributed by atoms with Crippen molar-refractivity contribution in [1.82, 2.24) is 4.57 Å². The Morgan fingerprint density at radius 3 is 2.70 bits per heavy atom. The van der Waals surface area contributed by atoms with Gasteiger partial charge >= 0.3 is 0 Å². The van der Waals surface area contributed by atoms with E-state index in [9.17, 15) is 4.79 Å². The minimum atomic E-state index is 0.0620. The van der Waals surface area contributed by atoms with Crippen LogP contribution in [0.1, 0.15) is 12.5 Å². The lowest BCUT2D eigenvalue weighted by Crippen LogP contribution is -2.07. The summed E-state index contributed by atoms with van der Waals surface area (Å²) in [7, 11) is 0. The van der Waals surface area contributed by atoms with Crippen molar-refractivity contribution in [3.8, 4) is 5.69 Å². The van der Waals surface area contributed by atoms with E-state index >= 15 is 0 Å². The molecule has 0 N–H and O–H groups in total. The van der Waals surface area contributed by atoms with Gasteiger partial charge in [0.2, 0.25) is 0 Å². The zero-order valence-electron chi connectivity index (χ0n) is 11.1. The molecule has 3 rings (SSSR count). The van der Waals surface area contributed by atoms with Gasteiger partial charge in [-0.3, -0.25) is 4.79 Å². The molecule has 0 unspecified atom stereocenters. The molecule has 0 spiro atoms. The number of rotatable bonds is 2. The molecule has 2 aromatic carbocycles. The van der Waals surface area contributed by atoms with Crippen LogP contribution in [-0.4, -0.2) is 4.57 Å². The Hall–Kier alpha value is -1.87. The fourth-order valence-corrected chi connectivity index (χ4v) is 2.90. The first-order valence-electron chi connectivity index (χ1n) is 6.60. The van der Waals surface area contributed by atoms with Gasteiger partial charge in [0, 0.05) is 27.8 Å². The van der Waals surface area contributed by atoms with Gasteiger partial charge in [0.1, 0.15) is 0 Å². The zero-order valence-corrected chi connectivity index (χ0v) is 12.7. The van der Waals surface area contributed by atoms with Crippen LogP contribution < -0.4 is 5.43 Å². The second-order valence-corrected chi connectivity index (χ2v) is 5.61. The number of halogens is 1. The van der Waals surface area contributed by atoms with E-state index in [-0.39, 0.29) is 5.43 Å². The Morgan fingerprint density at radius 1 is 1.10 bits per heavy atom. The zero-order chi connectivity index (χ0) is 14.1. The van der Waals surface area contributed by atoms with E-state index in [1.165, 1.54) is 5.56 Å². The molecule has 3 aromatic rings. The van der Waals surface area contributed by atoms with Crippen LogP contribution in [0, 0.1) is 0 Å². The minimum absolute atomic E-state index is 0.0620. The third-order valence-electron chi connectivity index (χ3n) is 3.49. The van der Waals surface area contributed by atoms with Crippen molar-refractivity contribution in [3.05, 3.63) is 75.0 Å². The second kappa shape index (κ2) is 5.25. The van der Waals surface area contributed by atoms with Gasteiger partial charge in [-0.1, -0.05) is 35.0 Å². The first-order valence-corrected chi connectivity index (χ1v) is 7.39. The van der Waals surface area contributed by atoms with Crippen LogP contribution in [0.15, 0.2) is 64.0 Å². The molecule has 0 atom stereocenters. The van der Waals surface area contributed by atoms with Gasteiger partial charge in [0.25, 0.3) is 0 Å². The second-order valence-electron chi connectivity index (χ2n) is 4.69. The van der Waals surface area contributed by atoms with Crippen LogP contribution in [0.2, 0.25) is 0 Å². The number of hydrogen-bond acceptors (Lipinski definition) is 1. The normalized spacial score (nSPS) is 10.9. The Bertz CT molecular complexity index is 836. The lowest BCUT2D eigenvalue weighted by atomic mass is 10.1. The van der Waals surface area contributed by atoms with Crippen LogP contribution in [0.3, 0.4) is 0 Å². The molecule has 0 aliphatic heterocycles. The first-order chi connectivity index (χ1) is 9.70. The van der Waals surface area contributed by atoms with Crippen LogP contribution in [-0.2, 0) is 6.42 Å². The van der Waals surface area contributed by atoms with E-state index in [1.54, 1.807) is 6.07 Å². The van der Waals surface area contributed by atoms with E-state index < -0.39 is 0 Å². The van der Waals surface area contributed by atoms with E-state index in [1.807, 2.05) is 36.5 Å². The van der Waals surface area contributed by atoms with E-state index in [0.29, 0.717) is 0 Å². The monoisotopic (exact) mass is 327 g/mol. The summed E-state index contributed by atoms with van der Waals surface area (Å²) in [4.78, 5) is 11.9. The van der Waals surface area contributed by atoms with Gasteiger partial charge in [0.05, 0.1) is 5.52 Å². The maximum absolute atomic E-state index is 11.9. The summed E-state index contributed by atoms with van der Waals surface area (Å²) >= 11 is 3.51. The van der Waals surface area contributed by atoms with Gasteiger partial charge in [-0.2, -0.15) is 0 Å². The molecule has 1 aromatic heterocycles. The van der Waals surface area contributed by atoms with Crippen molar-refractivity contribution in [2.45, 2.75) is 13.3 Å². The lowest BCUT2D eigenvalue weighted by molar-refractivity contribution is 1.03. The molecule has 0 amide bonds. The lowest BCUT2D eigenvalue weighted by Gasteiger charge is -2.14. The van der Waals surface area contributed by atoms with E-state index in [0.717, 1.165) is 27.5 Å². The quantitative estimate of drug-likeness (QED) is 0.687. The molecule has 1 heterocycles. The molecular weight excluding hydrogens is 314 g/mol. The fourth-order valence-electron chi connectivity index (χ4n) is 2.49. The molecule has 0 aliphatic rings. The number of nitrogens with zero attached hydrogens (tertiary/aromatic N) is 1. The third-order valence-corrected chi connectivity index (χ3v) is 3.98. The Labute approximate surface area is 125 Å². The van der Waals surface area contributed by atoms with Crippen LogP contribution in [0.4, 0.5) is 0 Å². The molecule has 0 radical (unpaired) electrons. The molecule has 3 heteroatoms. The van der Waals surface area contributed by atoms with Gasteiger partial charge in [0.15, 0.2) is 5.43 Å². The molecule has 0 aliphatic carbocycles. The molecular formula is C17H14BrNO. The number of aromatic nitrogens is 1. The smallest absolute Gasteiger partial charge is 0.189 e. The van der Waals surface area contributed by atoms with Crippen molar-refractivity contribution < 1.29 is 0 Å². The Morgan fingerprint density at radius 2 is 1.90 bits per heavy atom. The Balaban J connectivity index is 2.36. The summed E-state index contributed by atoms with van der Waals surface area (Å²) in [6.07, 6.45) is 2.79. The highest BCUT2D eigenvalue weighted by Gasteiger charge is 2.07. The average molecular weight is 328 g/mol. The molecule has 0 bridgehead atoms. The van der Waals surface area contributed by atoms with Gasteiger partial charge in [-0.05, 0) is 42.3 Å². The van der Waals surface area contributed by atoms with Gasteiger partial charge in [-0.15, -0.1) is 0 Å². The largest absolute Gasteiger partial charge is 0.316 e. The van der Waals surface area contributed by atoms with Crippen molar-refractivity contribution in [1.29, 1.82) is 0 Å². The predicted octanol–water partition coefficient (Wildman–Crippen LogP) is 4.32. The highest BCUT2D eigenvalue weighted by Crippen LogP contribution is 2.23. The average Bonchev–Trinajstić information content (AvgIpc) is 2.48. The number of fused-ring (bicyclic) bond motifs is 1. The summed E-state index contributed by atoms with van der Waals surface area (Å²) < 4.78 is 3.16. The number of hydrogen-bond donors (Lipinski definition) is 0. The standard InChI is InChI=1S/C17H14BrNO/c1-2-12-11-13(18)7-8-15(12)19-10-9-17(20)14-5-3-4-6-16(14)19/h3-11H,2H2,1H3. The van der Waals surface area contributed by atoms with Crippen LogP contribution in [0.5, 0.6) is 0 Å². The fraction of sp³-hybridized carbons (Fsp3) is 0.118. The first kappa shape index (κ1) is 13.1. The number of para-hydroxylation sites is 1. The summed E-state index contributed by atoms with van der Waals surface area (Å²) in [6, 6.07) is 15.6. The highest BCUT2D eigenvalue weighted by molar-refractivity contribution is 9.10. The Kier molecular flexibility index (Phi) is 3.45. The maximum Gasteiger partial charge on any atom is 0.189 e. The van der Waals surface area contributed by atoms with Crippen molar-refractivity contribution in [2.24, 2.45) is 0 Å². The predicted molar refractivity (Wildman–Crippen MR) is 86.6 cm³/mol. The van der Waals surface area contributed by atoms with Crippen LogP contribution >= 0.6 is 15.9 Å².